The van der Waals surface area contributed by atoms with Crippen LogP contribution in [0.1, 0.15) is 105 Å². The molecule has 392 valence electrons. The number of ether oxygens (including phenoxy) is 11. The summed E-state index contributed by atoms with van der Waals surface area (Å²) in [6.45, 7) is 7.16. The van der Waals surface area contributed by atoms with Crippen LogP contribution in [0.2, 0.25) is 0 Å². The molecule has 5 heterocycles. The number of fused-ring (bicyclic) bond motifs is 5. The standard InChI is InChI=1S/C49H76O20/c1-23-42(67-37-17-32(59-5)43(24(2)63-37)68-38-18-33(60-6)44(25(3)64-38)69-45-41(56)40(55)39(54)34(20-50)66-45)31(52)16-36(62-23)65-27-7-12-47(22-51)29-8-11-46(4)28(26-15-35(53)61-21-26)10-14-49(46,58)30(29)9-13-48(47,57)19-27/h15,22-25,27-34,36-45,50,52,54-58H,7-14,16-21H2,1-6H3/t23-,24-,25-,27+,28-,29+,30-,31+,32+,33-,34-,36+,37+,38+,39-,40+,41-,42-,43-,44+,45+,46-,47+,48+,49+/m1/s1. The molecule has 9 rings (SSSR count). The van der Waals surface area contributed by atoms with Gasteiger partial charge in [-0.3, -0.25) is 0 Å². The normalized spacial score (nSPS) is 53.4. The van der Waals surface area contributed by atoms with Crippen molar-refractivity contribution in [1.82, 2.24) is 0 Å². The zero-order valence-electron chi connectivity index (χ0n) is 40.6. The Labute approximate surface area is 403 Å². The molecule has 0 aromatic heterocycles. The number of aliphatic hydroxyl groups is 7. The number of aldehydes is 1. The van der Waals surface area contributed by atoms with Crippen molar-refractivity contribution in [2.45, 2.75) is 227 Å². The van der Waals surface area contributed by atoms with E-state index in [0.717, 1.165) is 18.3 Å². The summed E-state index contributed by atoms with van der Waals surface area (Å²) < 4.78 is 66.8. The van der Waals surface area contributed by atoms with Crippen molar-refractivity contribution in [3.63, 3.8) is 0 Å². The van der Waals surface area contributed by atoms with Gasteiger partial charge in [0.05, 0.1) is 66.0 Å². The van der Waals surface area contributed by atoms with E-state index in [1.54, 1.807) is 27.0 Å². The van der Waals surface area contributed by atoms with Gasteiger partial charge in [-0.2, -0.15) is 0 Å². The summed E-state index contributed by atoms with van der Waals surface area (Å²) in [5.74, 6) is -0.686. The lowest BCUT2D eigenvalue weighted by Gasteiger charge is -2.65. The van der Waals surface area contributed by atoms with E-state index in [0.29, 0.717) is 44.9 Å². The third-order valence-corrected chi connectivity index (χ3v) is 18.4. The molecule has 69 heavy (non-hydrogen) atoms. The van der Waals surface area contributed by atoms with E-state index in [-0.39, 0.29) is 56.0 Å². The molecule has 0 bridgehead atoms. The predicted molar refractivity (Wildman–Crippen MR) is 235 cm³/mol. The first-order valence-electron chi connectivity index (χ1n) is 25.2. The smallest absolute Gasteiger partial charge is 0.331 e. The number of cyclic esters (lactones) is 1. The van der Waals surface area contributed by atoms with Crippen LogP contribution in [0.4, 0.5) is 0 Å². The summed E-state index contributed by atoms with van der Waals surface area (Å²) in [7, 11) is 3.06. The van der Waals surface area contributed by atoms with E-state index in [1.165, 1.54) is 7.11 Å². The molecule has 25 atom stereocenters. The van der Waals surface area contributed by atoms with Gasteiger partial charge in [-0.1, -0.05) is 6.92 Å². The topological polar surface area (TPSA) is 277 Å². The SMILES string of the molecule is CO[C@H]1C[C@H](O[C@H]2[C@@H](O)C[C@H](O[C@H]3CC[C@]4(C=O)[C@H]5CC[C@]6(C)[C@@H](C7=CC(=O)OC7)CC[C@]6(O)[C@@H]5CC[C@]4(O)C3)O[C@@H]2C)O[C@H](C)[C@H]1O[C@H]1C[C@@H](OC)[C@@H](O[C@@H]2O[C@H](CO)[C@@H](O)[C@H](O)[C@H]2O)[C@@H](C)O1. The van der Waals surface area contributed by atoms with Crippen molar-refractivity contribution in [3.05, 3.63) is 11.6 Å². The Balaban J connectivity index is 0.766. The molecule has 0 radical (unpaired) electrons. The first kappa shape index (κ1) is 52.1. The van der Waals surface area contributed by atoms with E-state index < -0.39 is 139 Å². The maximum absolute atomic E-state index is 13.4. The molecule has 0 unspecified atom stereocenters. The summed E-state index contributed by atoms with van der Waals surface area (Å²) in [5.41, 5.74) is -2.94. The van der Waals surface area contributed by atoms with Gasteiger partial charge in [0, 0.05) is 51.4 Å². The second kappa shape index (κ2) is 20.1. The maximum atomic E-state index is 13.4. The lowest BCUT2D eigenvalue weighted by atomic mass is 9.41. The van der Waals surface area contributed by atoms with Crippen molar-refractivity contribution in [1.29, 1.82) is 0 Å². The van der Waals surface area contributed by atoms with Crippen molar-refractivity contribution < 1.29 is 97.4 Å². The van der Waals surface area contributed by atoms with E-state index in [1.807, 2.05) is 6.92 Å². The van der Waals surface area contributed by atoms with Crippen molar-refractivity contribution in [2.75, 3.05) is 27.4 Å². The van der Waals surface area contributed by atoms with Crippen molar-refractivity contribution >= 4 is 12.3 Å². The Morgan fingerprint density at radius 2 is 1.32 bits per heavy atom. The minimum absolute atomic E-state index is 0.0217. The molecule has 20 nitrogen and oxygen atoms in total. The Bertz CT molecular complexity index is 1840. The van der Waals surface area contributed by atoms with Gasteiger partial charge < -0.3 is 92.6 Å². The molecule has 7 N–H and O–H groups in total. The molecule has 4 saturated carbocycles. The number of carbonyl (C=O) groups excluding carboxylic acids is 2. The number of aliphatic hydroxyl groups excluding tert-OH is 5. The summed E-state index contributed by atoms with van der Waals surface area (Å²) in [6, 6.07) is 0. The average molecular weight is 985 g/mol. The third-order valence-electron chi connectivity index (χ3n) is 18.4. The molecule has 5 aliphatic heterocycles. The lowest BCUT2D eigenvalue weighted by molar-refractivity contribution is -0.357. The highest BCUT2D eigenvalue weighted by Gasteiger charge is 2.72. The predicted octanol–water partition coefficient (Wildman–Crippen LogP) is 0.674. The van der Waals surface area contributed by atoms with Crippen LogP contribution in [0, 0.1) is 28.6 Å². The number of carbonyl (C=O) groups is 2. The summed E-state index contributed by atoms with van der Waals surface area (Å²) >= 11 is 0. The summed E-state index contributed by atoms with van der Waals surface area (Å²) in [4.78, 5) is 25.4. The lowest BCUT2D eigenvalue weighted by Crippen LogP contribution is -2.69. The van der Waals surface area contributed by atoms with Gasteiger partial charge in [-0.25, -0.2) is 4.79 Å². The molecular weight excluding hydrogens is 909 g/mol. The van der Waals surface area contributed by atoms with E-state index >= 15 is 0 Å². The maximum Gasteiger partial charge on any atom is 0.331 e. The van der Waals surface area contributed by atoms with E-state index in [4.69, 9.17) is 52.1 Å². The third kappa shape index (κ3) is 9.10. The molecule has 8 fully saturated rings. The van der Waals surface area contributed by atoms with Crippen molar-refractivity contribution in [3.8, 4) is 0 Å². The van der Waals surface area contributed by atoms with Crippen LogP contribution < -0.4 is 0 Å². The zero-order chi connectivity index (χ0) is 49.4. The highest BCUT2D eigenvalue weighted by atomic mass is 16.8. The number of esters is 1. The van der Waals surface area contributed by atoms with Gasteiger partial charge in [-0.15, -0.1) is 0 Å². The number of rotatable bonds is 13. The summed E-state index contributed by atoms with van der Waals surface area (Å²) in [5, 5.41) is 77.3. The minimum Gasteiger partial charge on any atom is -0.458 e. The molecule has 0 aromatic rings. The molecule has 20 heteroatoms. The average Bonchev–Trinajstić information content (AvgIpc) is 3.87. The first-order valence-corrected chi connectivity index (χ1v) is 25.2. The Hall–Kier alpha value is -1.80. The Kier molecular flexibility index (Phi) is 15.2. The molecule has 0 spiro atoms. The second-order valence-corrected chi connectivity index (χ2v) is 21.9. The molecule has 9 aliphatic rings. The van der Waals surface area contributed by atoms with Crippen LogP contribution in [-0.2, 0) is 61.7 Å². The van der Waals surface area contributed by atoms with E-state index in [2.05, 4.69) is 6.92 Å². The van der Waals surface area contributed by atoms with Crippen LogP contribution in [0.15, 0.2) is 11.6 Å². The van der Waals surface area contributed by atoms with Gasteiger partial charge in [0.2, 0.25) is 0 Å². The quantitative estimate of drug-likeness (QED) is 0.0759. The van der Waals surface area contributed by atoms with Gasteiger partial charge in [0.15, 0.2) is 25.2 Å². The second-order valence-electron chi connectivity index (χ2n) is 21.9. The van der Waals surface area contributed by atoms with Crippen LogP contribution >= 0.6 is 0 Å². The number of hydrogen-bond acceptors (Lipinski definition) is 20. The van der Waals surface area contributed by atoms with Gasteiger partial charge in [0.25, 0.3) is 0 Å². The molecule has 4 aliphatic carbocycles. The molecule has 0 aromatic carbocycles. The number of methoxy groups -OCH3 is 2. The fraction of sp³-hybridized carbons (Fsp3) is 0.918. The Morgan fingerprint density at radius 1 is 0.710 bits per heavy atom. The van der Waals surface area contributed by atoms with Gasteiger partial charge in [0.1, 0.15) is 55.6 Å². The highest BCUT2D eigenvalue weighted by Crippen LogP contribution is 2.70. The van der Waals surface area contributed by atoms with E-state index in [9.17, 15) is 45.3 Å². The molecular formula is C49H76O20. The fourth-order valence-electron chi connectivity index (χ4n) is 14.7. The molecule has 4 saturated heterocycles. The number of hydrogen-bond donors (Lipinski definition) is 7. The van der Waals surface area contributed by atoms with Gasteiger partial charge >= 0.3 is 5.97 Å². The van der Waals surface area contributed by atoms with Crippen LogP contribution in [0.25, 0.3) is 0 Å². The summed E-state index contributed by atoms with van der Waals surface area (Å²) in [6.07, 6.45) is -8.22. The van der Waals surface area contributed by atoms with Gasteiger partial charge in [-0.05, 0) is 95.5 Å². The Morgan fingerprint density at radius 3 is 1.91 bits per heavy atom. The van der Waals surface area contributed by atoms with Crippen LogP contribution in [-0.4, -0.2) is 197 Å². The molecule has 0 amide bonds. The monoisotopic (exact) mass is 984 g/mol. The zero-order valence-corrected chi connectivity index (χ0v) is 40.6. The largest absolute Gasteiger partial charge is 0.458 e. The van der Waals surface area contributed by atoms with Crippen LogP contribution in [0.5, 0.6) is 0 Å². The first-order chi connectivity index (χ1) is 32.8. The van der Waals surface area contributed by atoms with Crippen LogP contribution in [0.3, 0.4) is 0 Å². The van der Waals surface area contributed by atoms with Crippen molar-refractivity contribution in [2.24, 2.45) is 28.6 Å². The fourth-order valence-corrected chi connectivity index (χ4v) is 14.7. The minimum atomic E-state index is -1.60. The highest BCUT2D eigenvalue weighted by molar-refractivity contribution is 5.85.